The van der Waals surface area contributed by atoms with E-state index in [1.165, 1.54) is 30.4 Å². The van der Waals surface area contributed by atoms with Crippen molar-refractivity contribution in [2.24, 2.45) is 0 Å². The summed E-state index contributed by atoms with van der Waals surface area (Å²) < 4.78 is 14.9. The Balaban J connectivity index is 2.07. The van der Waals surface area contributed by atoms with Gasteiger partial charge in [0.15, 0.2) is 11.5 Å². The fourth-order valence-electron chi connectivity index (χ4n) is 2.26. The Labute approximate surface area is 178 Å². The molecule has 0 unspecified atom stereocenters. The van der Waals surface area contributed by atoms with Crippen molar-refractivity contribution in [2.75, 3.05) is 6.61 Å². The van der Waals surface area contributed by atoms with Gasteiger partial charge in [0, 0.05) is 26.3 Å². The molecule has 2 aromatic carbocycles. The molecular formula is C23H20O8. The molecule has 0 N–H and O–H groups in total. The second-order valence-electron chi connectivity index (χ2n) is 6.33. The first-order chi connectivity index (χ1) is 14.8. The van der Waals surface area contributed by atoms with Gasteiger partial charge in [-0.25, -0.2) is 14.4 Å². The van der Waals surface area contributed by atoms with Crippen LogP contribution >= 0.6 is 0 Å². The number of hydrogen-bond acceptors (Lipinski definition) is 8. The van der Waals surface area contributed by atoms with Gasteiger partial charge in [-0.15, -0.1) is 0 Å². The Kier molecular flexibility index (Phi) is 8.39. The minimum absolute atomic E-state index is 0.203. The molecule has 0 fully saturated rings. The SMILES string of the molecule is CC(=O)C(=O)Oc1ccc(/C=C/C(=O)OCCc2ccccc2)cc1OC(=O)C(C)=O. The summed E-state index contributed by atoms with van der Waals surface area (Å²) in [7, 11) is 0. The van der Waals surface area contributed by atoms with Gasteiger partial charge in [0.1, 0.15) is 0 Å². The number of ketones is 2. The van der Waals surface area contributed by atoms with Crippen LogP contribution in [0, 0.1) is 0 Å². The summed E-state index contributed by atoms with van der Waals surface area (Å²) in [4.78, 5) is 57.4. The molecule has 0 amide bonds. The molecule has 0 radical (unpaired) electrons. The standard InChI is InChI=1S/C23H20O8/c1-15(24)22(27)30-19-10-8-18(14-20(19)31-23(28)16(2)25)9-11-21(26)29-13-12-17-6-4-3-5-7-17/h3-11,14H,12-13H2,1-2H3/b11-9+. The summed E-state index contributed by atoms with van der Waals surface area (Å²) in [5.41, 5.74) is 1.43. The molecule has 0 saturated carbocycles. The van der Waals surface area contributed by atoms with E-state index in [1.54, 1.807) is 0 Å². The first-order valence-corrected chi connectivity index (χ1v) is 9.24. The van der Waals surface area contributed by atoms with Gasteiger partial charge in [0.25, 0.3) is 0 Å². The fourth-order valence-corrected chi connectivity index (χ4v) is 2.26. The highest BCUT2D eigenvalue weighted by Gasteiger charge is 2.18. The third-order valence-corrected chi connectivity index (χ3v) is 3.84. The Morgan fingerprint density at radius 2 is 1.42 bits per heavy atom. The highest BCUT2D eigenvalue weighted by atomic mass is 16.6. The lowest BCUT2D eigenvalue weighted by Crippen LogP contribution is -2.20. The van der Waals surface area contributed by atoms with Crippen molar-refractivity contribution < 1.29 is 38.2 Å². The summed E-state index contributed by atoms with van der Waals surface area (Å²) in [6, 6.07) is 13.5. The summed E-state index contributed by atoms with van der Waals surface area (Å²) in [6.07, 6.45) is 3.15. The Hall–Kier alpha value is -4.07. The largest absolute Gasteiger partial charge is 0.462 e. The molecule has 0 spiro atoms. The number of hydrogen-bond donors (Lipinski definition) is 0. The van der Waals surface area contributed by atoms with Crippen molar-refractivity contribution in [1.29, 1.82) is 0 Å². The molecule has 8 heteroatoms. The summed E-state index contributed by atoms with van der Waals surface area (Å²) >= 11 is 0. The van der Waals surface area contributed by atoms with Crippen LogP contribution in [0.2, 0.25) is 0 Å². The molecule has 8 nitrogen and oxygen atoms in total. The van der Waals surface area contributed by atoms with Crippen LogP contribution in [0.5, 0.6) is 11.5 Å². The van der Waals surface area contributed by atoms with Crippen LogP contribution in [-0.2, 0) is 35.1 Å². The van der Waals surface area contributed by atoms with E-state index >= 15 is 0 Å². The maximum atomic E-state index is 11.9. The predicted octanol–water partition coefficient (Wildman–Crippen LogP) is 2.47. The predicted molar refractivity (Wildman–Crippen MR) is 109 cm³/mol. The zero-order valence-corrected chi connectivity index (χ0v) is 17.0. The van der Waals surface area contributed by atoms with Gasteiger partial charge in [-0.1, -0.05) is 36.4 Å². The van der Waals surface area contributed by atoms with E-state index in [0.717, 1.165) is 19.4 Å². The molecule has 0 aliphatic heterocycles. The Morgan fingerprint density at radius 3 is 2.03 bits per heavy atom. The van der Waals surface area contributed by atoms with Gasteiger partial charge < -0.3 is 14.2 Å². The van der Waals surface area contributed by atoms with Crippen LogP contribution in [0.1, 0.15) is 25.0 Å². The minimum Gasteiger partial charge on any atom is -0.462 e. The van der Waals surface area contributed by atoms with E-state index in [-0.39, 0.29) is 18.1 Å². The fraction of sp³-hybridized carbons (Fsp3) is 0.174. The number of ether oxygens (including phenoxy) is 3. The van der Waals surface area contributed by atoms with Gasteiger partial charge in [0.05, 0.1) is 6.61 Å². The first kappa shape index (κ1) is 23.2. The van der Waals surface area contributed by atoms with Crippen molar-refractivity contribution in [1.82, 2.24) is 0 Å². The van der Waals surface area contributed by atoms with E-state index in [2.05, 4.69) is 0 Å². The third kappa shape index (κ3) is 7.69. The molecule has 0 atom stereocenters. The molecule has 2 aromatic rings. The molecule has 0 aliphatic rings. The van der Waals surface area contributed by atoms with Crippen molar-refractivity contribution >= 4 is 35.6 Å². The molecule has 0 saturated heterocycles. The summed E-state index contributed by atoms with van der Waals surface area (Å²) in [6.45, 7) is 2.23. The third-order valence-electron chi connectivity index (χ3n) is 3.84. The van der Waals surface area contributed by atoms with Crippen LogP contribution in [0.4, 0.5) is 0 Å². The summed E-state index contributed by atoms with van der Waals surface area (Å²) in [5.74, 6) is -5.12. The van der Waals surface area contributed by atoms with E-state index in [0.29, 0.717) is 12.0 Å². The lowest BCUT2D eigenvalue weighted by molar-refractivity contribution is -0.147. The van der Waals surface area contributed by atoms with E-state index in [1.807, 2.05) is 30.3 Å². The van der Waals surface area contributed by atoms with Crippen LogP contribution in [0.15, 0.2) is 54.6 Å². The maximum Gasteiger partial charge on any atom is 0.379 e. The van der Waals surface area contributed by atoms with Gasteiger partial charge in [-0.2, -0.15) is 0 Å². The average Bonchev–Trinajstić information content (AvgIpc) is 2.74. The highest BCUT2D eigenvalue weighted by Crippen LogP contribution is 2.29. The van der Waals surface area contributed by atoms with Crippen LogP contribution < -0.4 is 9.47 Å². The molecule has 160 valence electrons. The average molecular weight is 424 g/mol. The van der Waals surface area contributed by atoms with Crippen LogP contribution in [-0.4, -0.2) is 36.1 Å². The van der Waals surface area contributed by atoms with Gasteiger partial charge in [-0.05, 0) is 29.3 Å². The quantitative estimate of drug-likeness (QED) is 0.261. The number of rotatable bonds is 9. The molecule has 31 heavy (non-hydrogen) atoms. The smallest absolute Gasteiger partial charge is 0.379 e. The monoisotopic (exact) mass is 424 g/mol. The van der Waals surface area contributed by atoms with E-state index < -0.39 is 29.5 Å². The molecule has 0 bridgehead atoms. The number of carbonyl (C=O) groups is 5. The normalized spacial score (nSPS) is 10.4. The molecule has 0 aromatic heterocycles. The topological polar surface area (TPSA) is 113 Å². The van der Waals surface area contributed by atoms with Crippen molar-refractivity contribution in [3.63, 3.8) is 0 Å². The molecule has 0 heterocycles. The number of Topliss-reactive ketones (excluding diaryl/α,β-unsaturated/α-hetero) is 2. The number of carbonyl (C=O) groups excluding carboxylic acids is 5. The van der Waals surface area contributed by atoms with Crippen molar-refractivity contribution in [2.45, 2.75) is 20.3 Å². The summed E-state index contributed by atoms with van der Waals surface area (Å²) in [5, 5.41) is 0. The zero-order chi connectivity index (χ0) is 22.8. The Bertz CT molecular complexity index is 1020. The molecule has 0 aliphatic carbocycles. The lowest BCUT2D eigenvalue weighted by atomic mass is 10.2. The van der Waals surface area contributed by atoms with Gasteiger partial charge in [-0.3, -0.25) is 9.59 Å². The minimum atomic E-state index is -1.18. The Morgan fingerprint density at radius 1 is 0.806 bits per heavy atom. The molecular weight excluding hydrogens is 404 g/mol. The van der Waals surface area contributed by atoms with Crippen LogP contribution in [0.3, 0.4) is 0 Å². The number of benzene rings is 2. The first-order valence-electron chi connectivity index (χ1n) is 9.24. The lowest BCUT2D eigenvalue weighted by Gasteiger charge is -2.10. The van der Waals surface area contributed by atoms with Gasteiger partial charge in [0.2, 0.25) is 11.6 Å². The second kappa shape index (κ2) is 11.2. The highest BCUT2D eigenvalue weighted by molar-refractivity contribution is 6.34. The number of esters is 3. The maximum absolute atomic E-state index is 11.9. The zero-order valence-electron chi connectivity index (χ0n) is 17.0. The van der Waals surface area contributed by atoms with E-state index in [4.69, 9.17) is 14.2 Å². The van der Waals surface area contributed by atoms with Crippen molar-refractivity contribution in [3.05, 3.63) is 65.7 Å². The van der Waals surface area contributed by atoms with Gasteiger partial charge >= 0.3 is 17.9 Å². The van der Waals surface area contributed by atoms with E-state index in [9.17, 15) is 24.0 Å². The van der Waals surface area contributed by atoms with Crippen LogP contribution in [0.25, 0.3) is 6.08 Å². The van der Waals surface area contributed by atoms with Crippen molar-refractivity contribution in [3.8, 4) is 11.5 Å². The second-order valence-corrected chi connectivity index (χ2v) is 6.33. The molecule has 2 rings (SSSR count).